The van der Waals surface area contributed by atoms with Gasteiger partial charge in [0.25, 0.3) is 0 Å². The lowest BCUT2D eigenvalue weighted by Crippen LogP contribution is -2.25. The van der Waals surface area contributed by atoms with E-state index in [1.165, 1.54) is 37.1 Å². The minimum atomic E-state index is 0.150. The Kier molecular flexibility index (Phi) is 6.02. The van der Waals surface area contributed by atoms with Crippen LogP contribution in [0.1, 0.15) is 43.4 Å². The lowest BCUT2D eigenvalue weighted by molar-refractivity contribution is 0.255. The van der Waals surface area contributed by atoms with Gasteiger partial charge in [0.1, 0.15) is 0 Å². The van der Waals surface area contributed by atoms with Crippen LogP contribution >= 0.6 is 0 Å². The quantitative estimate of drug-likeness (QED) is 0.739. The van der Waals surface area contributed by atoms with Gasteiger partial charge in [-0.25, -0.2) is 0 Å². The number of benzene rings is 1. The zero-order valence-corrected chi connectivity index (χ0v) is 12.9. The van der Waals surface area contributed by atoms with E-state index in [9.17, 15) is 5.11 Å². The van der Waals surface area contributed by atoms with Gasteiger partial charge in [-0.2, -0.15) is 0 Å². The Bertz CT molecular complexity index is 415. The van der Waals surface area contributed by atoms with Crippen molar-refractivity contribution < 1.29 is 5.11 Å². The van der Waals surface area contributed by atoms with Crippen molar-refractivity contribution in [3.05, 3.63) is 34.9 Å². The van der Waals surface area contributed by atoms with Gasteiger partial charge in [-0.3, -0.25) is 4.90 Å². The molecule has 0 amide bonds. The Morgan fingerprint density at radius 2 is 1.85 bits per heavy atom. The molecule has 3 nitrogen and oxygen atoms in total. The fraction of sp³-hybridized carbons (Fsp3) is 0.647. The molecule has 3 heteroatoms. The normalized spacial score (nSPS) is 15.0. The number of aliphatic hydroxyl groups excluding tert-OH is 1. The average molecular weight is 276 g/mol. The molecule has 1 aromatic carbocycles. The van der Waals surface area contributed by atoms with Crippen LogP contribution in [0.5, 0.6) is 0 Å². The minimum Gasteiger partial charge on any atom is -0.392 e. The third kappa shape index (κ3) is 4.05. The maximum Gasteiger partial charge on any atom is 0.0681 e. The van der Waals surface area contributed by atoms with Crippen molar-refractivity contribution in [3.63, 3.8) is 0 Å². The summed E-state index contributed by atoms with van der Waals surface area (Å²) in [6.07, 6.45) is 2.56. The van der Waals surface area contributed by atoms with Gasteiger partial charge in [0.2, 0.25) is 0 Å². The predicted molar refractivity (Wildman–Crippen MR) is 83.5 cm³/mol. The molecule has 1 aliphatic heterocycles. The highest BCUT2D eigenvalue weighted by Gasteiger charge is 2.18. The van der Waals surface area contributed by atoms with Gasteiger partial charge in [0.15, 0.2) is 0 Å². The first-order valence-electron chi connectivity index (χ1n) is 7.93. The number of fused-ring (bicyclic) bond motifs is 1. The van der Waals surface area contributed by atoms with Gasteiger partial charge in [-0.1, -0.05) is 32.0 Å². The number of unbranched alkanes of at least 4 members (excludes halogenated alkanes) is 1. The molecular formula is C17H28N2O. The molecule has 0 radical (unpaired) electrons. The SMILES string of the molecule is CCN(CC)CCCCN1Cc2ccc(CO)cc2C1. The molecule has 20 heavy (non-hydrogen) atoms. The first kappa shape index (κ1) is 15.5. The lowest BCUT2D eigenvalue weighted by Gasteiger charge is -2.19. The van der Waals surface area contributed by atoms with Crippen LogP contribution in [0, 0.1) is 0 Å². The second-order valence-electron chi connectivity index (χ2n) is 5.71. The summed E-state index contributed by atoms with van der Waals surface area (Å²) in [6, 6.07) is 6.38. The molecule has 0 aromatic heterocycles. The Morgan fingerprint density at radius 3 is 2.55 bits per heavy atom. The van der Waals surface area contributed by atoms with Crippen LogP contribution in [0.15, 0.2) is 18.2 Å². The van der Waals surface area contributed by atoms with Crippen LogP contribution in [0.25, 0.3) is 0 Å². The van der Waals surface area contributed by atoms with Crippen LogP contribution < -0.4 is 0 Å². The van der Waals surface area contributed by atoms with Crippen molar-refractivity contribution in [1.29, 1.82) is 0 Å². The summed E-state index contributed by atoms with van der Waals surface area (Å²) in [5.74, 6) is 0. The zero-order valence-electron chi connectivity index (χ0n) is 12.9. The second kappa shape index (κ2) is 7.77. The molecule has 0 atom stereocenters. The first-order chi connectivity index (χ1) is 9.76. The van der Waals surface area contributed by atoms with Crippen LogP contribution in [-0.4, -0.2) is 41.1 Å². The summed E-state index contributed by atoms with van der Waals surface area (Å²) in [5, 5.41) is 9.19. The second-order valence-corrected chi connectivity index (χ2v) is 5.71. The molecule has 112 valence electrons. The van der Waals surface area contributed by atoms with Gasteiger partial charge < -0.3 is 10.0 Å². The van der Waals surface area contributed by atoms with Crippen molar-refractivity contribution >= 4 is 0 Å². The molecule has 1 aromatic rings. The highest BCUT2D eigenvalue weighted by molar-refractivity contribution is 5.34. The number of rotatable bonds is 8. The van der Waals surface area contributed by atoms with Crippen molar-refractivity contribution in [2.45, 2.75) is 46.4 Å². The molecule has 1 N–H and O–H groups in total. The molecule has 1 aliphatic rings. The Labute approximate surface area is 123 Å². The van der Waals surface area contributed by atoms with Gasteiger partial charge in [-0.05, 0) is 55.7 Å². The van der Waals surface area contributed by atoms with Crippen molar-refractivity contribution in [2.75, 3.05) is 26.2 Å². The molecule has 0 bridgehead atoms. The lowest BCUT2D eigenvalue weighted by atomic mass is 10.1. The Morgan fingerprint density at radius 1 is 1.10 bits per heavy atom. The average Bonchev–Trinajstić information content (AvgIpc) is 2.89. The summed E-state index contributed by atoms with van der Waals surface area (Å²) in [5.41, 5.74) is 3.87. The third-order valence-corrected chi connectivity index (χ3v) is 4.33. The van der Waals surface area contributed by atoms with E-state index >= 15 is 0 Å². The fourth-order valence-electron chi connectivity index (χ4n) is 2.99. The molecule has 2 rings (SSSR count). The van der Waals surface area contributed by atoms with E-state index in [0.29, 0.717) is 0 Å². The number of hydrogen-bond acceptors (Lipinski definition) is 3. The van der Waals surface area contributed by atoms with E-state index in [0.717, 1.165) is 31.7 Å². The van der Waals surface area contributed by atoms with E-state index < -0.39 is 0 Å². The summed E-state index contributed by atoms with van der Waals surface area (Å²) >= 11 is 0. The maximum absolute atomic E-state index is 9.19. The van der Waals surface area contributed by atoms with Crippen molar-refractivity contribution in [1.82, 2.24) is 9.80 Å². The van der Waals surface area contributed by atoms with Gasteiger partial charge >= 0.3 is 0 Å². The Balaban J connectivity index is 1.72. The number of aliphatic hydroxyl groups is 1. The zero-order chi connectivity index (χ0) is 14.4. The maximum atomic E-state index is 9.19. The predicted octanol–water partition coefficient (Wildman–Crippen LogP) is 2.62. The van der Waals surface area contributed by atoms with Crippen LogP contribution in [0.4, 0.5) is 0 Å². The monoisotopic (exact) mass is 276 g/mol. The molecule has 0 spiro atoms. The summed E-state index contributed by atoms with van der Waals surface area (Å²) in [6.45, 7) is 11.5. The van der Waals surface area contributed by atoms with Crippen LogP contribution in [0.3, 0.4) is 0 Å². The van der Waals surface area contributed by atoms with Crippen molar-refractivity contribution in [3.8, 4) is 0 Å². The number of hydrogen-bond donors (Lipinski definition) is 1. The molecule has 0 saturated heterocycles. The standard InChI is InChI=1S/C17H28N2O/c1-3-18(4-2)9-5-6-10-19-12-16-8-7-15(14-20)11-17(16)13-19/h7-8,11,20H,3-6,9-10,12-14H2,1-2H3. The first-order valence-corrected chi connectivity index (χ1v) is 7.93. The van der Waals surface area contributed by atoms with Crippen molar-refractivity contribution in [2.24, 2.45) is 0 Å². The highest BCUT2D eigenvalue weighted by atomic mass is 16.3. The summed E-state index contributed by atoms with van der Waals surface area (Å²) in [7, 11) is 0. The van der Waals surface area contributed by atoms with Gasteiger partial charge in [0, 0.05) is 13.1 Å². The molecule has 0 saturated carbocycles. The third-order valence-electron chi connectivity index (χ3n) is 4.33. The number of nitrogens with zero attached hydrogens (tertiary/aromatic N) is 2. The molecule has 0 unspecified atom stereocenters. The molecular weight excluding hydrogens is 248 g/mol. The minimum absolute atomic E-state index is 0.150. The van der Waals surface area contributed by atoms with E-state index in [-0.39, 0.29) is 6.61 Å². The summed E-state index contributed by atoms with van der Waals surface area (Å²) < 4.78 is 0. The van der Waals surface area contributed by atoms with E-state index in [1.54, 1.807) is 0 Å². The molecule has 0 fully saturated rings. The van der Waals surface area contributed by atoms with E-state index in [1.807, 2.05) is 6.07 Å². The fourth-order valence-corrected chi connectivity index (χ4v) is 2.99. The smallest absolute Gasteiger partial charge is 0.0681 e. The Hall–Kier alpha value is -0.900. The molecule has 0 aliphatic carbocycles. The van der Waals surface area contributed by atoms with Gasteiger partial charge in [-0.15, -0.1) is 0 Å². The summed E-state index contributed by atoms with van der Waals surface area (Å²) in [4.78, 5) is 5.01. The topological polar surface area (TPSA) is 26.7 Å². The van der Waals surface area contributed by atoms with Crippen LogP contribution in [-0.2, 0) is 19.7 Å². The van der Waals surface area contributed by atoms with Crippen LogP contribution in [0.2, 0.25) is 0 Å². The van der Waals surface area contributed by atoms with E-state index in [4.69, 9.17) is 0 Å². The van der Waals surface area contributed by atoms with Gasteiger partial charge in [0.05, 0.1) is 6.61 Å². The largest absolute Gasteiger partial charge is 0.392 e. The molecule has 1 heterocycles. The van der Waals surface area contributed by atoms with E-state index in [2.05, 4.69) is 35.8 Å². The highest BCUT2D eigenvalue weighted by Crippen LogP contribution is 2.24.